The fraction of sp³-hybridized carbons (Fsp3) is 0.375. The summed E-state index contributed by atoms with van der Waals surface area (Å²) in [4.78, 5) is 38.8. The number of anilines is 1. The van der Waals surface area contributed by atoms with Crippen LogP contribution in [0, 0.1) is 6.92 Å². The summed E-state index contributed by atoms with van der Waals surface area (Å²) in [5.74, 6) is -0.0000226. The van der Waals surface area contributed by atoms with Crippen molar-refractivity contribution in [2.75, 3.05) is 17.7 Å². The van der Waals surface area contributed by atoms with Gasteiger partial charge in [0.1, 0.15) is 12.4 Å². The Kier molecular flexibility index (Phi) is 4.93. The van der Waals surface area contributed by atoms with Crippen LogP contribution in [0.4, 0.5) is 5.82 Å². The zero-order valence-corrected chi connectivity index (χ0v) is 14.7. The van der Waals surface area contributed by atoms with Crippen molar-refractivity contribution in [1.29, 1.82) is 0 Å². The molecule has 1 aliphatic heterocycles. The fourth-order valence-electron chi connectivity index (χ4n) is 2.78. The predicted molar refractivity (Wildman–Crippen MR) is 93.6 cm³/mol. The molecule has 0 fully saturated rings. The number of rotatable bonds is 4. The molecular weight excluding hydrogens is 344 g/mol. The number of hydrogen-bond donors (Lipinski definition) is 2. The summed E-state index contributed by atoms with van der Waals surface area (Å²) in [6.07, 6.45) is 1.56. The first-order valence-electron chi connectivity index (χ1n) is 7.83. The number of aromatic amines is 1. The molecule has 132 valence electrons. The van der Waals surface area contributed by atoms with Crippen LogP contribution in [-0.2, 0) is 20.9 Å². The third kappa shape index (κ3) is 3.46. The molecule has 2 N–H and O–H groups in total. The van der Waals surface area contributed by atoms with Gasteiger partial charge >= 0.3 is 5.97 Å². The van der Waals surface area contributed by atoms with Gasteiger partial charge in [-0.15, -0.1) is 11.8 Å². The summed E-state index contributed by atoms with van der Waals surface area (Å²) in [7, 11) is 0. The number of thioether (sulfide) groups is 1. The highest BCUT2D eigenvalue weighted by Crippen LogP contribution is 2.41. The molecule has 0 saturated heterocycles. The number of pyridine rings is 1. The summed E-state index contributed by atoms with van der Waals surface area (Å²) < 4.78 is 6.39. The Morgan fingerprint density at radius 2 is 2.28 bits per heavy atom. The molecule has 0 bridgehead atoms. The first-order chi connectivity index (χ1) is 12.0. The van der Waals surface area contributed by atoms with Gasteiger partial charge in [-0.3, -0.25) is 14.4 Å². The Balaban J connectivity index is 2.08. The Hall–Kier alpha value is -2.55. The number of carbonyl (C=O) groups excluding carboxylic acids is 2. The lowest BCUT2D eigenvalue weighted by Crippen LogP contribution is -2.20. The molecule has 0 aromatic carbocycles. The Morgan fingerprint density at radius 3 is 3.00 bits per heavy atom. The Bertz CT molecular complexity index is 873. The second-order valence-electron chi connectivity index (χ2n) is 5.50. The number of aryl methyl sites for hydroxylation is 1. The monoisotopic (exact) mass is 362 g/mol. The minimum Gasteiger partial charge on any atom is -0.465 e. The van der Waals surface area contributed by atoms with Gasteiger partial charge in [-0.2, -0.15) is 5.10 Å². The van der Waals surface area contributed by atoms with Crippen LogP contribution in [0.25, 0.3) is 0 Å². The molecule has 0 radical (unpaired) electrons. The Morgan fingerprint density at radius 1 is 1.48 bits per heavy atom. The van der Waals surface area contributed by atoms with Crippen LogP contribution in [-0.4, -0.2) is 39.0 Å². The number of amides is 1. The van der Waals surface area contributed by atoms with E-state index in [1.807, 2.05) is 0 Å². The van der Waals surface area contributed by atoms with Crippen LogP contribution in [0.15, 0.2) is 23.1 Å². The molecule has 0 aliphatic carbocycles. The molecule has 0 unspecified atom stereocenters. The van der Waals surface area contributed by atoms with E-state index in [9.17, 15) is 14.4 Å². The predicted octanol–water partition coefficient (Wildman–Crippen LogP) is 1.22. The zero-order chi connectivity index (χ0) is 18.0. The van der Waals surface area contributed by atoms with Crippen molar-refractivity contribution in [2.24, 2.45) is 0 Å². The number of H-pyrrole nitrogens is 1. The standard InChI is InChI=1S/C16H18N4O4S/c1-3-24-12(22)7-20-15-13(9(2)19-20)14(25-8-11(21)18-15)10-5-4-6-17-16(10)23/h4-6,14H,3,7-8H2,1-2H3,(H,17,23)(H,18,21)/t14-/m1/s1. The highest BCUT2D eigenvalue weighted by molar-refractivity contribution is 8.00. The van der Waals surface area contributed by atoms with E-state index in [1.54, 1.807) is 32.2 Å². The van der Waals surface area contributed by atoms with Crippen molar-refractivity contribution in [3.05, 3.63) is 45.5 Å². The minimum absolute atomic E-state index is 0.104. The van der Waals surface area contributed by atoms with Gasteiger partial charge in [0.15, 0.2) is 0 Å². The molecule has 8 nitrogen and oxygen atoms in total. The van der Waals surface area contributed by atoms with E-state index in [0.29, 0.717) is 17.1 Å². The average Bonchev–Trinajstić information content (AvgIpc) is 2.75. The lowest BCUT2D eigenvalue weighted by Gasteiger charge is -2.14. The molecule has 3 rings (SSSR count). The third-order valence-electron chi connectivity index (χ3n) is 3.79. The molecule has 3 heterocycles. The van der Waals surface area contributed by atoms with Crippen LogP contribution in [0.3, 0.4) is 0 Å². The summed E-state index contributed by atoms with van der Waals surface area (Å²) in [5.41, 5.74) is 1.72. The first kappa shape index (κ1) is 17.3. The number of carbonyl (C=O) groups is 2. The van der Waals surface area contributed by atoms with Gasteiger partial charge in [0.05, 0.1) is 23.3 Å². The largest absolute Gasteiger partial charge is 0.465 e. The maximum atomic E-state index is 12.2. The van der Waals surface area contributed by atoms with Gasteiger partial charge < -0.3 is 15.0 Å². The maximum Gasteiger partial charge on any atom is 0.327 e. The highest BCUT2D eigenvalue weighted by Gasteiger charge is 2.31. The number of ether oxygens (including phenoxy) is 1. The number of nitrogens with zero attached hydrogens (tertiary/aromatic N) is 2. The Labute approximate surface area is 148 Å². The fourth-order valence-corrected chi connectivity index (χ4v) is 3.99. The quantitative estimate of drug-likeness (QED) is 0.792. The van der Waals surface area contributed by atoms with E-state index < -0.39 is 5.97 Å². The summed E-state index contributed by atoms with van der Waals surface area (Å²) in [5, 5.41) is 6.82. The molecule has 1 atom stereocenters. The molecule has 0 spiro atoms. The highest BCUT2D eigenvalue weighted by atomic mass is 32.2. The number of fused-ring (bicyclic) bond motifs is 1. The lowest BCUT2D eigenvalue weighted by atomic mass is 10.1. The van der Waals surface area contributed by atoms with Gasteiger partial charge in [-0.1, -0.05) is 6.07 Å². The minimum atomic E-state index is -0.437. The smallest absolute Gasteiger partial charge is 0.327 e. The van der Waals surface area contributed by atoms with E-state index >= 15 is 0 Å². The van der Waals surface area contributed by atoms with Crippen molar-refractivity contribution < 1.29 is 14.3 Å². The van der Waals surface area contributed by atoms with Crippen LogP contribution < -0.4 is 10.9 Å². The maximum absolute atomic E-state index is 12.2. The molecule has 25 heavy (non-hydrogen) atoms. The molecule has 2 aromatic rings. The summed E-state index contributed by atoms with van der Waals surface area (Å²) in [6, 6.07) is 3.48. The van der Waals surface area contributed by atoms with Gasteiger partial charge in [0.2, 0.25) is 5.91 Å². The SMILES string of the molecule is CCOC(=O)Cn1nc(C)c2c1NC(=O)CS[C@@H]2c1ccc[nH]c1=O. The van der Waals surface area contributed by atoms with Crippen molar-refractivity contribution in [3.63, 3.8) is 0 Å². The second kappa shape index (κ2) is 7.14. The van der Waals surface area contributed by atoms with Crippen LogP contribution >= 0.6 is 11.8 Å². The number of aromatic nitrogens is 3. The first-order valence-corrected chi connectivity index (χ1v) is 8.88. The van der Waals surface area contributed by atoms with Crippen LogP contribution in [0.5, 0.6) is 0 Å². The van der Waals surface area contributed by atoms with Crippen molar-refractivity contribution >= 4 is 29.5 Å². The van der Waals surface area contributed by atoms with Crippen molar-refractivity contribution in [2.45, 2.75) is 25.6 Å². The third-order valence-corrected chi connectivity index (χ3v) is 5.04. The van der Waals surface area contributed by atoms with Crippen molar-refractivity contribution in [1.82, 2.24) is 14.8 Å². The van der Waals surface area contributed by atoms with Crippen molar-refractivity contribution in [3.8, 4) is 0 Å². The van der Waals surface area contributed by atoms with E-state index in [2.05, 4.69) is 15.4 Å². The normalized spacial score (nSPS) is 16.7. The van der Waals surface area contributed by atoms with E-state index in [1.165, 1.54) is 16.4 Å². The summed E-state index contributed by atoms with van der Waals surface area (Å²) in [6.45, 7) is 3.68. The molecule has 2 aromatic heterocycles. The van der Waals surface area contributed by atoms with Gasteiger partial charge in [-0.25, -0.2) is 4.68 Å². The summed E-state index contributed by atoms with van der Waals surface area (Å²) >= 11 is 1.36. The van der Waals surface area contributed by atoms with Gasteiger partial charge in [0.25, 0.3) is 5.56 Å². The van der Waals surface area contributed by atoms with Crippen LogP contribution in [0.2, 0.25) is 0 Å². The van der Waals surface area contributed by atoms with E-state index in [4.69, 9.17) is 4.74 Å². The molecular formula is C16H18N4O4S. The number of hydrogen-bond acceptors (Lipinski definition) is 6. The molecule has 9 heteroatoms. The molecule has 1 amide bonds. The number of esters is 1. The molecule has 0 saturated carbocycles. The second-order valence-corrected chi connectivity index (χ2v) is 6.60. The van der Waals surface area contributed by atoms with Crippen LogP contribution in [0.1, 0.15) is 29.0 Å². The van der Waals surface area contributed by atoms with E-state index in [0.717, 1.165) is 5.56 Å². The molecule has 1 aliphatic rings. The van der Waals surface area contributed by atoms with Gasteiger partial charge in [0, 0.05) is 17.3 Å². The van der Waals surface area contributed by atoms with Gasteiger partial charge in [-0.05, 0) is 19.9 Å². The lowest BCUT2D eigenvalue weighted by molar-refractivity contribution is -0.144. The zero-order valence-electron chi connectivity index (χ0n) is 13.9. The number of nitrogens with one attached hydrogen (secondary N) is 2. The van der Waals surface area contributed by atoms with E-state index in [-0.39, 0.29) is 35.6 Å². The average molecular weight is 362 g/mol. The topological polar surface area (TPSA) is 106 Å².